The highest BCUT2D eigenvalue weighted by molar-refractivity contribution is 9.19. The third-order valence-corrected chi connectivity index (χ3v) is 69.1. The molecule has 2 rings (SSSR count). The minimum Gasteiger partial charge on any atom is -0.444 e. The molecule has 0 saturated heterocycles. The van der Waals surface area contributed by atoms with Gasteiger partial charge in [0.15, 0.2) is 0 Å². The number of anilines is 2. The molecule has 3 amide bonds. The maximum Gasteiger partial charge on any atom is 0.412 e. The monoisotopic (exact) mass is 721 g/mol. The SMILES string of the molecule is CP(NC(=O)c1ccc(NC(=O)c2ccc(NC(=O)OC(C)(C)C)cc2)cc1)P(P(P)P)P(PP)P(P)P. The number of nitrogens with one attached hydrogen (secondary N) is 3. The predicted octanol–water partition coefficient (Wildman–Crippen LogP) is 10.2. The van der Waals surface area contributed by atoms with Crippen molar-refractivity contribution in [3.8, 4) is 0 Å². The molecular formula is C20H34N3O4P11. The van der Waals surface area contributed by atoms with E-state index in [2.05, 4.69) is 67.0 Å². The van der Waals surface area contributed by atoms with Crippen LogP contribution in [0.15, 0.2) is 48.5 Å². The highest BCUT2D eigenvalue weighted by atomic mass is 33.2. The van der Waals surface area contributed by atoms with E-state index in [0.717, 1.165) is 7.96 Å². The minimum atomic E-state index is -0.631. The van der Waals surface area contributed by atoms with Gasteiger partial charge in [0.1, 0.15) is 5.60 Å². The topological polar surface area (TPSA) is 96.5 Å². The number of ether oxygens (including phenoxy) is 1. The van der Waals surface area contributed by atoms with Gasteiger partial charge in [-0.3, -0.25) is 14.9 Å². The lowest BCUT2D eigenvalue weighted by Crippen LogP contribution is -2.27. The van der Waals surface area contributed by atoms with E-state index >= 15 is 0 Å². The van der Waals surface area contributed by atoms with Gasteiger partial charge in [0.2, 0.25) is 0 Å². The molecular weight excluding hydrogens is 687 g/mol. The molecule has 0 spiro atoms. The summed E-state index contributed by atoms with van der Waals surface area (Å²) in [7, 11) is 15.0. The summed E-state index contributed by atoms with van der Waals surface area (Å²) >= 11 is 0. The van der Waals surface area contributed by atoms with E-state index in [1.165, 1.54) is 0 Å². The lowest BCUT2D eigenvalue weighted by Gasteiger charge is -2.36. The minimum absolute atomic E-state index is 0.0807. The Kier molecular flexibility index (Phi) is 15.8. The number of hydrogen-bond donors (Lipinski definition) is 3. The van der Waals surface area contributed by atoms with Crippen LogP contribution in [-0.2, 0) is 4.74 Å². The molecule has 3 N–H and O–H groups in total. The van der Waals surface area contributed by atoms with Crippen molar-refractivity contribution in [3.05, 3.63) is 59.7 Å². The van der Waals surface area contributed by atoms with Crippen LogP contribution in [0.3, 0.4) is 0 Å². The molecule has 2 aromatic carbocycles. The van der Waals surface area contributed by atoms with Crippen LogP contribution in [0, 0.1) is 0 Å². The molecule has 208 valence electrons. The van der Waals surface area contributed by atoms with E-state index in [1.54, 1.807) is 69.3 Å². The van der Waals surface area contributed by atoms with Crippen LogP contribution in [-0.4, -0.2) is 30.2 Å². The Bertz CT molecular complexity index is 1100. The van der Waals surface area contributed by atoms with Crippen LogP contribution in [0.1, 0.15) is 41.5 Å². The Morgan fingerprint density at radius 1 is 0.789 bits per heavy atom. The van der Waals surface area contributed by atoms with Crippen LogP contribution in [0.2, 0.25) is 0 Å². The number of benzene rings is 2. The molecule has 0 aliphatic rings. The van der Waals surface area contributed by atoms with Crippen molar-refractivity contribution >= 4 is 118 Å². The Labute approximate surface area is 244 Å². The molecule has 18 heteroatoms. The van der Waals surface area contributed by atoms with Gasteiger partial charge in [-0.05, 0) is 96.9 Å². The van der Waals surface area contributed by atoms with Crippen LogP contribution >= 0.6 is 88.3 Å². The number of hydrogen-bond acceptors (Lipinski definition) is 4. The molecule has 38 heavy (non-hydrogen) atoms. The zero-order valence-electron chi connectivity index (χ0n) is 21.4. The highest BCUT2D eigenvalue weighted by Gasteiger charge is 2.32. The third kappa shape index (κ3) is 11.9. The molecule has 0 bridgehead atoms. The quantitative estimate of drug-likeness (QED) is 0.213. The van der Waals surface area contributed by atoms with Crippen molar-refractivity contribution in [2.45, 2.75) is 26.4 Å². The van der Waals surface area contributed by atoms with Gasteiger partial charge in [0, 0.05) is 37.3 Å². The van der Waals surface area contributed by atoms with Gasteiger partial charge in [-0.2, -0.15) is 0 Å². The number of carbonyl (C=O) groups excluding carboxylic acids is 3. The Balaban J connectivity index is 1.98. The van der Waals surface area contributed by atoms with Crippen LogP contribution in [0.4, 0.5) is 16.2 Å². The first-order chi connectivity index (χ1) is 17.7. The average molecular weight is 721 g/mol. The fraction of sp³-hybridized carbons (Fsp3) is 0.250. The maximum absolute atomic E-state index is 13.0. The molecule has 9 unspecified atom stereocenters. The molecule has 9 atom stereocenters. The maximum atomic E-state index is 13.0. The van der Waals surface area contributed by atoms with Gasteiger partial charge in [0.25, 0.3) is 11.8 Å². The standard InChI is InChI=1S/C20H34N3O4P11/c1-20(2,3)27-19(26)22-16-11-5-13(6-12-16)17(24)21-15-9-7-14(8-10-15)18(25)23-34(4)38(36(31)32)37(33-28)35(29)30/h5-12,33H,28-32H2,1-4H3,(H,21,24)(H,22,26)(H,23,25). The largest absolute Gasteiger partial charge is 0.444 e. The van der Waals surface area contributed by atoms with Gasteiger partial charge in [0.05, 0.1) is 0 Å². The van der Waals surface area contributed by atoms with Crippen molar-refractivity contribution in [2.24, 2.45) is 0 Å². The zero-order chi connectivity index (χ0) is 28.6. The van der Waals surface area contributed by atoms with Gasteiger partial charge < -0.3 is 15.1 Å². The summed E-state index contributed by atoms with van der Waals surface area (Å²) in [6, 6.07) is 13.4. The van der Waals surface area contributed by atoms with E-state index in [0.29, 0.717) is 22.5 Å². The molecule has 7 nitrogen and oxygen atoms in total. The first-order valence-electron chi connectivity index (χ1n) is 10.9. The van der Waals surface area contributed by atoms with Gasteiger partial charge >= 0.3 is 6.09 Å². The molecule has 0 fully saturated rings. The van der Waals surface area contributed by atoms with E-state index in [1.807, 2.05) is 0 Å². The summed E-state index contributed by atoms with van der Waals surface area (Å²) < 4.78 is 5.24. The molecule has 0 aromatic heterocycles. The third-order valence-electron chi connectivity index (χ3n) is 4.44. The van der Waals surface area contributed by atoms with E-state index in [-0.39, 0.29) is 39.8 Å². The van der Waals surface area contributed by atoms with E-state index in [4.69, 9.17) is 4.74 Å². The van der Waals surface area contributed by atoms with Crippen molar-refractivity contribution in [1.82, 2.24) is 5.09 Å². The first-order valence-corrected chi connectivity index (χ1v) is 31.0. The van der Waals surface area contributed by atoms with Crippen molar-refractivity contribution < 1.29 is 19.1 Å². The van der Waals surface area contributed by atoms with Crippen molar-refractivity contribution in [1.29, 1.82) is 0 Å². The molecule has 0 aliphatic carbocycles. The van der Waals surface area contributed by atoms with Gasteiger partial charge in [-0.1, -0.05) is 7.96 Å². The van der Waals surface area contributed by atoms with E-state index in [9.17, 15) is 14.4 Å². The zero-order valence-corrected chi connectivity index (χ0v) is 32.6. The fourth-order valence-electron chi connectivity index (χ4n) is 2.88. The van der Waals surface area contributed by atoms with Crippen LogP contribution in [0.5, 0.6) is 0 Å². The second kappa shape index (κ2) is 16.9. The predicted molar refractivity (Wildman–Crippen MR) is 196 cm³/mol. The Hall–Kier alpha value is 1.38. The normalized spacial score (nSPS) is 14.3. The highest BCUT2D eigenvalue weighted by Crippen LogP contribution is 3.15. The smallest absolute Gasteiger partial charge is 0.412 e. The summed E-state index contributed by atoms with van der Waals surface area (Å²) in [5, 5.41) is 8.77. The number of carbonyl (C=O) groups is 3. The first kappa shape index (κ1) is 35.6. The summed E-state index contributed by atoms with van der Waals surface area (Å²) in [6.07, 6.45) is -0.557. The Morgan fingerprint density at radius 2 is 1.26 bits per heavy atom. The summed E-state index contributed by atoms with van der Waals surface area (Å²) in [4.78, 5) is 37.6. The lowest BCUT2D eigenvalue weighted by molar-refractivity contribution is 0.0635. The summed E-state index contributed by atoms with van der Waals surface area (Å²) in [6.45, 7) is 6.66. The van der Waals surface area contributed by atoms with Gasteiger partial charge in [-0.15, -0.1) is 44.6 Å². The second-order valence-electron chi connectivity index (χ2n) is 8.65. The van der Waals surface area contributed by atoms with Gasteiger partial charge in [-0.25, -0.2) is 4.79 Å². The average Bonchev–Trinajstić information content (AvgIpc) is 2.81. The van der Waals surface area contributed by atoms with Crippen molar-refractivity contribution in [2.75, 3.05) is 17.3 Å². The second-order valence-corrected chi connectivity index (χ2v) is 49.3. The number of amides is 3. The van der Waals surface area contributed by atoms with Crippen molar-refractivity contribution in [3.63, 3.8) is 0 Å². The van der Waals surface area contributed by atoms with Crippen LogP contribution < -0.4 is 15.7 Å². The Morgan fingerprint density at radius 3 is 1.68 bits per heavy atom. The molecule has 0 aliphatic heterocycles. The summed E-state index contributed by atoms with van der Waals surface area (Å²) in [5.74, 6) is -0.372. The molecule has 0 heterocycles. The van der Waals surface area contributed by atoms with E-state index < -0.39 is 19.5 Å². The molecule has 0 saturated carbocycles. The van der Waals surface area contributed by atoms with Crippen LogP contribution in [0.25, 0.3) is 0 Å². The number of rotatable bonds is 10. The molecule has 2 aromatic rings. The lowest BCUT2D eigenvalue weighted by atomic mass is 10.1. The molecule has 0 radical (unpaired) electrons. The fourth-order valence-corrected chi connectivity index (χ4v) is 102. The summed E-state index contributed by atoms with van der Waals surface area (Å²) in [5.41, 5.74) is 1.53.